The van der Waals surface area contributed by atoms with Crippen LogP contribution in [0.5, 0.6) is 11.5 Å². The molecule has 1 atom stereocenters. The van der Waals surface area contributed by atoms with Crippen LogP contribution in [0.3, 0.4) is 0 Å². The minimum Gasteiger partial charge on any atom is -0.490 e. The van der Waals surface area contributed by atoms with Crippen molar-refractivity contribution in [2.24, 2.45) is 0 Å². The molecule has 2 aromatic carbocycles. The molecule has 9 nitrogen and oxygen atoms in total. The van der Waals surface area contributed by atoms with Gasteiger partial charge in [-0.3, -0.25) is 19.7 Å². The van der Waals surface area contributed by atoms with Crippen LogP contribution in [0, 0.1) is 10.1 Å². The Morgan fingerprint density at radius 1 is 1.24 bits per heavy atom. The highest BCUT2D eigenvalue weighted by molar-refractivity contribution is 6.31. The summed E-state index contributed by atoms with van der Waals surface area (Å²) in [6.45, 7) is 1.44. The lowest BCUT2D eigenvalue weighted by molar-refractivity contribution is -0.385. The van der Waals surface area contributed by atoms with Crippen molar-refractivity contribution in [2.45, 2.75) is 51.2 Å². The van der Waals surface area contributed by atoms with Gasteiger partial charge in [-0.05, 0) is 37.5 Å². The van der Waals surface area contributed by atoms with E-state index >= 15 is 0 Å². The first-order valence-corrected chi connectivity index (χ1v) is 11.5. The number of nitrogens with one attached hydrogen (secondary N) is 1. The third-order valence-electron chi connectivity index (χ3n) is 5.88. The average Bonchev–Trinajstić information content (AvgIpc) is 3.34. The van der Waals surface area contributed by atoms with Gasteiger partial charge in [0.25, 0.3) is 5.91 Å². The van der Waals surface area contributed by atoms with Gasteiger partial charge in [0, 0.05) is 29.7 Å². The van der Waals surface area contributed by atoms with E-state index in [0.29, 0.717) is 10.6 Å². The van der Waals surface area contributed by atoms with E-state index in [9.17, 15) is 19.7 Å². The second kappa shape index (κ2) is 11.7. The first-order valence-electron chi connectivity index (χ1n) is 11.1. The van der Waals surface area contributed by atoms with Gasteiger partial charge in [0.2, 0.25) is 11.7 Å². The molecule has 0 aromatic heterocycles. The van der Waals surface area contributed by atoms with Crippen LogP contribution in [0.4, 0.5) is 5.69 Å². The molecular weight excluding hydrogens is 462 g/mol. The lowest BCUT2D eigenvalue weighted by Gasteiger charge is -2.30. The van der Waals surface area contributed by atoms with Gasteiger partial charge in [-0.15, -0.1) is 0 Å². The molecule has 0 bridgehead atoms. The van der Waals surface area contributed by atoms with Gasteiger partial charge in [0.15, 0.2) is 6.61 Å². The van der Waals surface area contributed by atoms with E-state index in [4.69, 9.17) is 21.1 Å². The quantitative estimate of drug-likeness (QED) is 0.397. The largest absolute Gasteiger partial charge is 0.490 e. The monoisotopic (exact) mass is 489 g/mol. The summed E-state index contributed by atoms with van der Waals surface area (Å²) in [6, 6.07) is 10.5. The van der Waals surface area contributed by atoms with Crippen molar-refractivity contribution < 1.29 is 24.0 Å². The van der Waals surface area contributed by atoms with Crippen LogP contribution in [0.15, 0.2) is 42.5 Å². The maximum atomic E-state index is 13.2. The molecule has 34 heavy (non-hydrogen) atoms. The number of amides is 2. The SMILES string of the molecule is COc1cc(OCC(=O)N(Cc2ccccc2Cl)C(C)C(=O)NC2CCCC2)ccc1[N+](=O)[O-]. The predicted molar refractivity (Wildman–Crippen MR) is 127 cm³/mol. The lowest BCUT2D eigenvalue weighted by Crippen LogP contribution is -2.50. The van der Waals surface area contributed by atoms with Crippen molar-refractivity contribution in [3.8, 4) is 11.5 Å². The molecule has 0 saturated heterocycles. The van der Waals surface area contributed by atoms with Gasteiger partial charge in [-0.2, -0.15) is 0 Å². The van der Waals surface area contributed by atoms with Gasteiger partial charge < -0.3 is 19.7 Å². The molecular formula is C24H28ClN3O6. The van der Waals surface area contributed by atoms with E-state index in [0.717, 1.165) is 25.7 Å². The number of ether oxygens (including phenoxy) is 2. The number of halogens is 1. The van der Waals surface area contributed by atoms with Crippen LogP contribution >= 0.6 is 11.6 Å². The summed E-state index contributed by atoms with van der Waals surface area (Å²) in [6.07, 6.45) is 4.02. The molecule has 0 spiro atoms. The fourth-order valence-corrected chi connectivity index (χ4v) is 4.11. The molecule has 0 heterocycles. The number of carbonyl (C=O) groups excluding carboxylic acids is 2. The summed E-state index contributed by atoms with van der Waals surface area (Å²) < 4.78 is 10.6. The van der Waals surface area contributed by atoms with Gasteiger partial charge in [0.1, 0.15) is 11.8 Å². The topological polar surface area (TPSA) is 111 Å². The zero-order valence-electron chi connectivity index (χ0n) is 19.2. The predicted octanol–water partition coefficient (Wildman–Crippen LogP) is 4.11. The molecule has 1 fully saturated rings. The zero-order chi connectivity index (χ0) is 24.7. The Kier molecular flexibility index (Phi) is 8.70. The Hall–Kier alpha value is -3.33. The van der Waals surface area contributed by atoms with E-state index in [2.05, 4.69) is 5.32 Å². The highest BCUT2D eigenvalue weighted by Crippen LogP contribution is 2.31. The van der Waals surface area contributed by atoms with Crippen LogP contribution in [-0.4, -0.2) is 47.4 Å². The van der Waals surface area contributed by atoms with E-state index < -0.39 is 16.9 Å². The average molecular weight is 490 g/mol. The van der Waals surface area contributed by atoms with Crippen molar-refractivity contribution in [1.82, 2.24) is 10.2 Å². The van der Waals surface area contributed by atoms with Crippen LogP contribution in [0.1, 0.15) is 38.2 Å². The molecule has 2 amide bonds. The molecule has 182 valence electrons. The molecule has 1 aliphatic rings. The summed E-state index contributed by atoms with van der Waals surface area (Å²) in [5.41, 5.74) is 0.494. The highest BCUT2D eigenvalue weighted by Gasteiger charge is 2.29. The summed E-state index contributed by atoms with van der Waals surface area (Å²) in [5, 5.41) is 14.6. The number of benzene rings is 2. The Labute approximate surface area is 203 Å². The molecule has 3 rings (SSSR count). The minimum atomic E-state index is -0.751. The minimum absolute atomic E-state index is 0.0205. The lowest BCUT2D eigenvalue weighted by atomic mass is 10.1. The fourth-order valence-electron chi connectivity index (χ4n) is 3.91. The van der Waals surface area contributed by atoms with Gasteiger partial charge in [-0.25, -0.2) is 0 Å². The Bertz CT molecular complexity index is 1040. The number of carbonyl (C=O) groups is 2. The van der Waals surface area contributed by atoms with Crippen molar-refractivity contribution in [1.29, 1.82) is 0 Å². The zero-order valence-corrected chi connectivity index (χ0v) is 19.9. The molecule has 1 saturated carbocycles. The molecule has 0 radical (unpaired) electrons. The highest BCUT2D eigenvalue weighted by atomic mass is 35.5. The normalized spacial score (nSPS) is 14.3. The molecule has 1 unspecified atom stereocenters. The number of nitro groups is 1. The molecule has 10 heteroatoms. The van der Waals surface area contributed by atoms with E-state index in [1.54, 1.807) is 25.1 Å². The first kappa shape index (κ1) is 25.3. The number of nitro benzene ring substituents is 1. The number of hydrogen-bond donors (Lipinski definition) is 1. The van der Waals surface area contributed by atoms with Crippen LogP contribution in [0.2, 0.25) is 5.02 Å². The second-order valence-corrected chi connectivity index (χ2v) is 8.57. The van der Waals surface area contributed by atoms with Crippen LogP contribution in [0.25, 0.3) is 0 Å². The number of methoxy groups -OCH3 is 1. The van der Waals surface area contributed by atoms with Crippen molar-refractivity contribution in [2.75, 3.05) is 13.7 Å². The van der Waals surface area contributed by atoms with E-state index in [1.807, 2.05) is 6.07 Å². The number of rotatable bonds is 10. The summed E-state index contributed by atoms with van der Waals surface area (Å²) in [7, 11) is 1.31. The third-order valence-corrected chi connectivity index (χ3v) is 6.25. The van der Waals surface area contributed by atoms with Crippen molar-refractivity contribution >= 4 is 29.1 Å². The number of hydrogen-bond acceptors (Lipinski definition) is 6. The standard InChI is InChI=1S/C24H28ClN3O6/c1-16(24(30)26-18-8-4-5-9-18)27(14-17-7-3-6-10-20(17)25)23(29)15-34-19-11-12-21(28(31)32)22(13-19)33-2/h3,6-7,10-13,16,18H,4-5,8-9,14-15H2,1-2H3,(H,26,30). The van der Waals surface area contributed by atoms with Gasteiger partial charge in [0.05, 0.1) is 12.0 Å². The molecule has 1 N–H and O–H groups in total. The molecule has 1 aliphatic carbocycles. The first-order chi connectivity index (χ1) is 16.3. The van der Waals surface area contributed by atoms with Crippen LogP contribution < -0.4 is 14.8 Å². The molecule has 0 aliphatic heterocycles. The number of nitrogens with zero attached hydrogens (tertiary/aromatic N) is 2. The Morgan fingerprint density at radius 3 is 2.59 bits per heavy atom. The smallest absolute Gasteiger partial charge is 0.311 e. The maximum Gasteiger partial charge on any atom is 0.311 e. The van der Waals surface area contributed by atoms with Crippen LogP contribution in [-0.2, 0) is 16.1 Å². The Balaban J connectivity index is 1.75. The summed E-state index contributed by atoms with van der Waals surface area (Å²) >= 11 is 6.30. The van der Waals surface area contributed by atoms with Gasteiger partial charge >= 0.3 is 5.69 Å². The third kappa shape index (κ3) is 6.38. The summed E-state index contributed by atoms with van der Waals surface area (Å²) in [4.78, 5) is 38.0. The van der Waals surface area contributed by atoms with Crippen molar-refractivity contribution in [3.63, 3.8) is 0 Å². The maximum absolute atomic E-state index is 13.2. The van der Waals surface area contributed by atoms with Crippen molar-refractivity contribution in [3.05, 3.63) is 63.2 Å². The Morgan fingerprint density at radius 2 is 1.94 bits per heavy atom. The van der Waals surface area contributed by atoms with E-state index in [-0.39, 0.29) is 42.3 Å². The van der Waals surface area contributed by atoms with Gasteiger partial charge in [-0.1, -0.05) is 42.6 Å². The summed E-state index contributed by atoms with van der Waals surface area (Å²) in [5.74, 6) is -0.403. The second-order valence-electron chi connectivity index (χ2n) is 8.16. The van der Waals surface area contributed by atoms with E-state index in [1.165, 1.54) is 30.2 Å². The fraction of sp³-hybridized carbons (Fsp3) is 0.417. The molecule has 2 aromatic rings.